The fourth-order valence-corrected chi connectivity index (χ4v) is 2.78. The molecule has 2 N–H and O–H groups in total. The van der Waals surface area contributed by atoms with Gasteiger partial charge in [-0.25, -0.2) is 4.39 Å². The molecule has 4 nitrogen and oxygen atoms in total. The maximum absolute atomic E-state index is 13.6. The van der Waals surface area contributed by atoms with Gasteiger partial charge in [-0.1, -0.05) is 18.2 Å². The van der Waals surface area contributed by atoms with Crippen molar-refractivity contribution >= 4 is 16.9 Å². The maximum atomic E-state index is 13.6. The summed E-state index contributed by atoms with van der Waals surface area (Å²) in [5.41, 5.74) is 1.34. The highest BCUT2D eigenvalue weighted by Crippen LogP contribution is 2.24. The normalized spacial score (nSPS) is 21.8. The highest BCUT2D eigenvalue weighted by atomic mass is 19.1. The number of fused-ring (bicyclic) bond motifs is 1. The zero-order chi connectivity index (χ0) is 14.8. The lowest BCUT2D eigenvalue weighted by Crippen LogP contribution is -2.40. The molecule has 110 valence electrons. The van der Waals surface area contributed by atoms with Crippen molar-refractivity contribution in [3.05, 3.63) is 48.0 Å². The number of nitrogens with one attached hydrogen (secondary N) is 1. The van der Waals surface area contributed by atoms with Crippen molar-refractivity contribution in [2.24, 2.45) is 5.92 Å². The Balaban J connectivity index is 1.77. The summed E-state index contributed by atoms with van der Waals surface area (Å²) in [6.07, 6.45) is 6.57. The van der Waals surface area contributed by atoms with Crippen molar-refractivity contribution in [1.82, 2.24) is 5.32 Å². The Hall–Kier alpha value is -2.14. The first kappa shape index (κ1) is 13.8. The van der Waals surface area contributed by atoms with Crippen LogP contribution < -0.4 is 5.32 Å². The SMILES string of the molecule is O=C(O)[C@@H]1CC=CC[C@@H]1NCc1ccc(F)c2ccoc12. The Labute approximate surface area is 121 Å². The molecular weight excluding hydrogens is 273 g/mol. The van der Waals surface area contributed by atoms with Crippen LogP contribution in [0.5, 0.6) is 0 Å². The van der Waals surface area contributed by atoms with Crippen molar-refractivity contribution in [2.45, 2.75) is 25.4 Å². The second kappa shape index (κ2) is 5.69. The van der Waals surface area contributed by atoms with Crippen LogP contribution in [0.4, 0.5) is 4.39 Å². The number of carboxylic acid groups (broad SMARTS) is 1. The Morgan fingerprint density at radius 1 is 1.33 bits per heavy atom. The molecule has 1 aromatic heterocycles. The number of hydrogen-bond donors (Lipinski definition) is 2. The Kier molecular flexibility index (Phi) is 3.75. The van der Waals surface area contributed by atoms with Gasteiger partial charge in [-0.15, -0.1) is 0 Å². The third-order valence-electron chi connectivity index (χ3n) is 3.95. The number of halogens is 1. The predicted molar refractivity (Wildman–Crippen MR) is 76.3 cm³/mol. The van der Waals surface area contributed by atoms with Gasteiger partial charge in [-0.2, -0.15) is 0 Å². The van der Waals surface area contributed by atoms with E-state index in [1.165, 1.54) is 12.3 Å². The van der Waals surface area contributed by atoms with Gasteiger partial charge in [0.15, 0.2) is 0 Å². The molecule has 0 amide bonds. The second-order valence-electron chi connectivity index (χ2n) is 5.24. The van der Waals surface area contributed by atoms with Crippen LogP contribution in [0.3, 0.4) is 0 Å². The lowest BCUT2D eigenvalue weighted by atomic mass is 9.89. The highest BCUT2D eigenvalue weighted by Gasteiger charge is 2.28. The van der Waals surface area contributed by atoms with Gasteiger partial charge in [-0.05, 0) is 25.0 Å². The van der Waals surface area contributed by atoms with E-state index in [0.29, 0.717) is 30.4 Å². The summed E-state index contributed by atoms with van der Waals surface area (Å²) in [6.45, 7) is 0.451. The number of rotatable bonds is 4. The minimum Gasteiger partial charge on any atom is -0.481 e. The summed E-state index contributed by atoms with van der Waals surface area (Å²) in [4.78, 5) is 11.2. The molecule has 1 aromatic carbocycles. The molecule has 0 unspecified atom stereocenters. The van der Waals surface area contributed by atoms with E-state index in [1.807, 2.05) is 12.2 Å². The Morgan fingerprint density at radius 2 is 2.14 bits per heavy atom. The fourth-order valence-electron chi connectivity index (χ4n) is 2.78. The number of benzene rings is 1. The number of allylic oxidation sites excluding steroid dienone is 1. The summed E-state index contributed by atoms with van der Waals surface area (Å²) in [6, 6.07) is 4.55. The second-order valence-corrected chi connectivity index (χ2v) is 5.24. The molecule has 1 aliphatic carbocycles. The molecule has 0 saturated carbocycles. The molecule has 5 heteroatoms. The average Bonchev–Trinajstić information content (AvgIpc) is 2.97. The maximum Gasteiger partial charge on any atom is 0.308 e. The molecule has 2 aromatic rings. The van der Waals surface area contributed by atoms with E-state index in [2.05, 4.69) is 5.32 Å². The average molecular weight is 289 g/mol. The zero-order valence-corrected chi connectivity index (χ0v) is 11.4. The van der Waals surface area contributed by atoms with E-state index >= 15 is 0 Å². The van der Waals surface area contributed by atoms with Crippen LogP contribution in [0.1, 0.15) is 18.4 Å². The van der Waals surface area contributed by atoms with Crippen molar-refractivity contribution in [2.75, 3.05) is 0 Å². The number of carbonyl (C=O) groups is 1. The largest absolute Gasteiger partial charge is 0.481 e. The van der Waals surface area contributed by atoms with Gasteiger partial charge in [-0.3, -0.25) is 4.79 Å². The van der Waals surface area contributed by atoms with Crippen LogP contribution in [0.2, 0.25) is 0 Å². The summed E-state index contributed by atoms with van der Waals surface area (Å²) in [5, 5.41) is 12.9. The van der Waals surface area contributed by atoms with Gasteiger partial charge in [0.25, 0.3) is 0 Å². The number of aliphatic carboxylic acids is 1. The zero-order valence-electron chi connectivity index (χ0n) is 11.4. The highest BCUT2D eigenvalue weighted by molar-refractivity contribution is 5.81. The van der Waals surface area contributed by atoms with Crippen molar-refractivity contribution < 1.29 is 18.7 Å². The molecular formula is C16H16FNO3. The molecule has 0 aliphatic heterocycles. The van der Waals surface area contributed by atoms with Crippen LogP contribution in [0.15, 0.2) is 41.0 Å². The van der Waals surface area contributed by atoms with Gasteiger partial charge in [0.05, 0.1) is 17.6 Å². The third-order valence-corrected chi connectivity index (χ3v) is 3.95. The standard InChI is InChI=1S/C16H16FNO3/c17-13-6-5-10(15-11(13)7-8-21-15)9-18-14-4-2-1-3-12(14)16(19)20/h1-2,5-8,12,14,18H,3-4,9H2,(H,19,20)/t12-,14+/m1/s1. The van der Waals surface area contributed by atoms with Crippen molar-refractivity contribution in [1.29, 1.82) is 0 Å². The Morgan fingerprint density at radius 3 is 2.95 bits per heavy atom. The van der Waals surface area contributed by atoms with Gasteiger partial charge in [0.1, 0.15) is 11.4 Å². The van der Waals surface area contributed by atoms with Crippen LogP contribution in [-0.4, -0.2) is 17.1 Å². The monoisotopic (exact) mass is 289 g/mol. The van der Waals surface area contributed by atoms with E-state index in [0.717, 1.165) is 5.56 Å². The fraction of sp³-hybridized carbons (Fsp3) is 0.312. The number of carboxylic acids is 1. The third kappa shape index (κ3) is 2.69. The Bertz CT molecular complexity index is 692. The minimum absolute atomic E-state index is 0.123. The van der Waals surface area contributed by atoms with Gasteiger partial charge < -0.3 is 14.8 Å². The summed E-state index contributed by atoms with van der Waals surface area (Å²) < 4.78 is 18.9. The summed E-state index contributed by atoms with van der Waals surface area (Å²) in [7, 11) is 0. The van der Waals surface area contributed by atoms with E-state index in [-0.39, 0.29) is 11.9 Å². The number of furan rings is 1. The van der Waals surface area contributed by atoms with Crippen molar-refractivity contribution in [3.8, 4) is 0 Å². The smallest absolute Gasteiger partial charge is 0.308 e. The topological polar surface area (TPSA) is 62.5 Å². The molecule has 3 rings (SSSR count). The first-order chi connectivity index (χ1) is 10.2. The van der Waals surface area contributed by atoms with Gasteiger partial charge in [0.2, 0.25) is 0 Å². The first-order valence-electron chi connectivity index (χ1n) is 6.92. The molecule has 0 spiro atoms. The predicted octanol–water partition coefficient (Wildman–Crippen LogP) is 3.08. The first-order valence-corrected chi connectivity index (χ1v) is 6.92. The van der Waals surface area contributed by atoms with Crippen LogP contribution >= 0.6 is 0 Å². The summed E-state index contributed by atoms with van der Waals surface area (Å²) >= 11 is 0. The summed E-state index contributed by atoms with van der Waals surface area (Å²) in [5.74, 6) is -1.53. The molecule has 0 bridgehead atoms. The minimum atomic E-state index is -0.792. The van der Waals surface area contributed by atoms with Gasteiger partial charge >= 0.3 is 5.97 Å². The number of hydrogen-bond acceptors (Lipinski definition) is 3. The quantitative estimate of drug-likeness (QED) is 0.849. The van der Waals surface area contributed by atoms with E-state index < -0.39 is 11.9 Å². The molecule has 0 fully saturated rings. The van der Waals surface area contributed by atoms with Crippen LogP contribution in [0, 0.1) is 11.7 Å². The van der Waals surface area contributed by atoms with Crippen LogP contribution in [0.25, 0.3) is 11.0 Å². The molecule has 0 saturated heterocycles. The van der Waals surface area contributed by atoms with Crippen molar-refractivity contribution in [3.63, 3.8) is 0 Å². The molecule has 0 radical (unpaired) electrons. The van der Waals surface area contributed by atoms with E-state index in [9.17, 15) is 14.3 Å². The molecule has 2 atom stereocenters. The molecule has 21 heavy (non-hydrogen) atoms. The lowest BCUT2D eigenvalue weighted by molar-refractivity contribution is -0.142. The van der Waals surface area contributed by atoms with Crippen LogP contribution in [-0.2, 0) is 11.3 Å². The molecule has 1 aliphatic rings. The molecule has 1 heterocycles. The lowest BCUT2D eigenvalue weighted by Gasteiger charge is -2.26. The van der Waals surface area contributed by atoms with E-state index in [1.54, 1.807) is 12.1 Å². The van der Waals surface area contributed by atoms with E-state index in [4.69, 9.17) is 4.42 Å². The van der Waals surface area contributed by atoms with Gasteiger partial charge in [0, 0.05) is 18.2 Å².